The largest absolute Gasteiger partial charge is 0.489 e. The SMILES string of the molecule is CS(=O)(=O)CCNCCCCNc1cc2c(Nc3ccc(OCc4ccccc4)cc3)ncnc2cn1. The maximum Gasteiger partial charge on any atom is 0.148 e. The summed E-state index contributed by atoms with van der Waals surface area (Å²) < 4.78 is 28.2. The van der Waals surface area contributed by atoms with Crippen molar-refractivity contribution < 1.29 is 13.2 Å². The summed E-state index contributed by atoms with van der Waals surface area (Å²) in [5.74, 6) is 2.41. The van der Waals surface area contributed by atoms with E-state index in [-0.39, 0.29) is 5.75 Å². The Bertz CT molecular complexity index is 1380. The van der Waals surface area contributed by atoms with E-state index in [1.54, 1.807) is 6.20 Å². The molecule has 9 nitrogen and oxygen atoms in total. The molecule has 10 heteroatoms. The van der Waals surface area contributed by atoms with E-state index in [9.17, 15) is 8.42 Å². The van der Waals surface area contributed by atoms with Gasteiger partial charge in [0, 0.05) is 30.4 Å². The summed E-state index contributed by atoms with van der Waals surface area (Å²) in [4.78, 5) is 13.2. The first-order valence-electron chi connectivity index (χ1n) is 12.2. The molecule has 0 amide bonds. The molecule has 0 aliphatic rings. The van der Waals surface area contributed by atoms with Crippen LogP contribution in [0.2, 0.25) is 0 Å². The Hall–Kier alpha value is -3.76. The van der Waals surface area contributed by atoms with Crippen molar-refractivity contribution in [2.75, 3.05) is 42.3 Å². The average Bonchev–Trinajstić information content (AvgIpc) is 2.90. The highest BCUT2D eigenvalue weighted by Crippen LogP contribution is 2.26. The van der Waals surface area contributed by atoms with E-state index < -0.39 is 9.84 Å². The van der Waals surface area contributed by atoms with Gasteiger partial charge in [-0.3, -0.25) is 0 Å². The van der Waals surface area contributed by atoms with Gasteiger partial charge in [0.25, 0.3) is 0 Å². The molecular formula is C27H32N6O3S. The summed E-state index contributed by atoms with van der Waals surface area (Å²) in [7, 11) is -2.92. The predicted molar refractivity (Wildman–Crippen MR) is 148 cm³/mol. The number of benzene rings is 2. The van der Waals surface area contributed by atoms with Gasteiger partial charge in [0.2, 0.25) is 0 Å². The lowest BCUT2D eigenvalue weighted by Crippen LogP contribution is -2.23. The molecule has 194 valence electrons. The van der Waals surface area contributed by atoms with Gasteiger partial charge in [0.1, 0.15) is 40.2 Å². The average molecular weight is 521 g/mol. The minimum atomic E-state index is -2.92. The molecule has 0 atom stereocenters. The number of rotatable bonds is 14. The number of pyridine rings is 1. The van der Waals surface area contributed by atoms with Gasteiger partial charge >= 0.3 is 0 Å². The van der Waals surface area contributed by atoms with Gasteiger partial charge in [-0.2, -0.15) is 0 Å². The third kappa shape index (κ3) is 8.69. The zero-order chi connectivity index (χ0) is 25.9. The number of unbranched alkanes of at least 4 members (excludes halogenated alkanes) is 1. The Labute approximate surface area is 217 Å². The third-order valence-electron chi connectivity index (χ3n) is 5.62. The van der Waals surface area contributed by atoms with Crippen molar-refractivity contribution in [1.82, 2.24) is 20.3 Å². The Morgan fingerprint density at radius 3 is 2.46 bits per heavy atom. The zero-order valence-electron chi connectivity index (χ0n) is 20.9. The quantitative estimate of drug-likeness (QED) is 0.211. The van der Waals surface area contributed by atoms with Gasteiger partial charge in [-0.15, -0.1) is 0 Å². The molecule has 2 aromatic heterocycles. The summed E-state index contributed by atoms with van der Waals surface area (Å²) in [5.41, 5.74) is 2.76. The first kappa shape index (κ1) is 26.3. The van der Waals surface area contributed by atoms with Crippen LogP contribution in [0.3, 0.4) is 0 Å². The normalized spacial score (nSPS) is 11.4. The molecule has 0 aliphatic heterocycles. The predicted octanol–water partition coefficient (Wildman–Crippen LogP) is 4.17. The van der Waals surface area contributed by atoms with Crippen molar-refractivity contribution >= 4 is 38.1 Å². The Morgan fingerprint density at radius 2 is 1.68 bits per heavy atom. The van der Waals surface area contributed by atoms with Crippen LogP contribution in [-0.4, -0.2) is 55.0 Å². The van der Waals surface area contributed by atoms with Crippen molar-refractivity contribution in [3.63, 3.8) is 0 Å². The highest BCUT2D eigenvalue weighted by molar-refractivity contribution is 7.90. The molecule has 2 aromatic carbocycles. The zero-order valence-corrected chi connectivity index (χ0v) is 21.7. The molecule has 4 aromatic rings. The molecule has 0 aliphatic carbocycles. The second-order valence-corrected chi connectivity index (χ2v) is 11.0. The number of sulfone groups is 1. The van der Waals surface area contributed by atoms with Gasteiger partial charge in [-0.05, 0) is 55.3 Å². The number of ether oxygens (including phenoxy) is 1. The molecule has 3 N–H and O–H groups in total. The molecule has 37 heavy (non-hydrogen) atoms. The molecule has 0 radical (unpaired) electrons. The van der Waals surface area contributed by atoms with E-state index in [2.05, 4.69) is 30.9 Å². The Morgan fingerprint density at radius 1 is 0.892 bits per heavy atom. The van der Waals surface area contributed by atoms with Gasteiger partial charge in [-0.1, -0.05) is 30.3 Å². The smallest absolute Gasteiger partial charge is 0.148 e. The van der Waals surface area contributed by atoms with Crippen molar-refractivity contribution in [1.29, 1.82) is 0 Å². The topological polar surface area (TPSA) is 118 Å². The lowest BCUT2D eigenvalue weighted by Gasteiger charge is -2.11. The lowest BCUT2D eigenvalue weighted by atomic mass is 10.2. The van der Waals surface area contributed by atoms with Crippen LogP contribution in [0.15, 0.2) is 73.2 Å². The van der Waals surface area contributed by atoms with Gasteiger partial charge < -0.3 is 20.7 Å². The Balaban J connectivity index is 1.29. The standard InChI is InChI=1S/C27H32N6O3S/c1-37(34,35)16-15-28-13-5-6-14-29-26-17-24-25(18-30-26)31-20-32-27(24)33-22-9-11-23(12-10-22)36-19-21-7-3-2-4-8-21/h2-4,7-12,17-18,20,28H,5-6,13-16,19H2,1H3,(H,29,30)(H,31,32,33). The van der Waals surface area contributed by atoms with Gasteiger partial charge in [0.05, 0.1) is 17.5 Å². The van der Waals surface area contributed by atoms with Crippen LogP contribution in [0, 0.1) is 0 Å². The number of nitrogens with zero attached hydrogens (tertiary/aromatic N) is 3. The van der Waals surface area contributed by atoms with Crippen LogP contribution in [-0.2, 0) is 16.4 Å². The molecule has 0 spiro atoms. The molecule has 0 unspecified atom stereocenters. The van der Waals surface area contributed by atoms with E-state index >= 15 is 0 Å². The summed E-state index contributed by atoms with van der Waals surface area (Å²) in [5, 5.41) is 10.7. The molecular weight excluding hydrogens is 488 g/mol. The van der Waals surface area contributed by atoms with Gasteiger partial charge in [0.15, 0.2) is 0 Å². The van der Waals surface area contributed by atoms with Crippen LogP contribution in [0.1, 0.15) is 18.4 Å². The highest BCUT2D eigenvalue weighted by atomic mass is 32.2. The Kier molecular flexibility index (Phi) is 9.23. The monoisotopic (exact) mass is 520 g/mol. The number of hydrogen-bond acceptors (Lipinski definition) is 9. The minimum Gasteiger partial charge on any atom is -0.489 e. The summed E-state index contributed by atoms with van der Waals surface area (Å²) in [6, 6.07) is 19.8. The van der Waals surface area contributed by atoms with Crippen LogP contribution in [0.5, 0.6) is 5.75 Å². The number of fused-ring (bicyclic) bond motifs is 1. The second kappa shape index (κ2) is 13.0. The third-order valence-corrected chi connectivity index (χ3v) is 6.57. The van der Waals surface area contributed by atoms with Crippen LogP contribution >= 0.6 is 0 Å². The van der Waals surface area contributed by atoms with E-state index in [1.165, 1.54) is 12.6 Å². The van der Waals surface area contributed by atoms with Crippen molar-refractivity contribution in [2.45, 2.75) is 19.4 Å². The summed E-state index contributed by atoms with van der Waals surface area (Å²) in [6.45, 7) is 2.54. The first-order chi connectivity index (χ1) is 18.0. The molecule has 0 saturated heterocycles. The van der Waals surface area contributed by atoms with E-state index in [1.807, 2.05) is 60.7 Å². The molecule has 2 heterocycles. The van der Waals surface area contributed by atoms with Crippen LogP contribution < -0.4 is 20.7 Å². The highest BCUT2D eigenvalue weighted by Gasteiger charge is 2.07. The summed E-state index contributed by atoms with van der Waals surface area (Å²) in [6.07, 6.45) is 6.37. The fourth-order valence-corrected chi connectivity index (χ4v) is 4.16. The minimum absolute atomic E-state index is 0.164. The number of aromatic nitrogens is 3. The van der Waals surface area contributed by atoms with Gasteiger partial charge in [-0.25, -0.2) is 23.4 Å². The fourth-order valence-electron chi connectivity index (χ4n) is 3.64. The van der Waals surface area contributed by atoms with Crippen LogP contribution in [0.25, 0.3) is 10.9 Å². The molecule has 0 saturated carbocycles. The van der Waals surface area contributed by atoms with E-state index in [0.29, 0.717) is 19.0 Å². The van der Waals surface area contributed by atoms with Crippen molar-refractivity contribution in [2.24, 2.45) is 0 Å². The van der Waals surface area contributed by atoms with Crippen LogP contribution in [0.4, 0.5) is 17.3 Å². The molecule has 4 rings (SSSR count). The summed E-state index contributed by atoms with van der Waals surface area (Å²) >= 11 is 0. The van der Waals surface area contributed by atoms with E-state index in [4.69, 9.17) is 4.74 Å². The number of anilines is 3. The second-order valence-electron chi connectivity index (χ2n) is 8.75. The fraction of sp³-hybridized carbons (Fsp3) is 0.296. The first-order valence-corrected chi connectivity index (χ1v) is 14.3. The molecule has 0 bridgehead atoms. The van der Waals surface area contributed by atoms with E-state index in [0.717, 1.165) is 59.7 Å². The van der Waals surface area contributed by atoms with Crippen molar-refractivity contribution in [3.05, 3.63) is 78.8 Å². The number of nitrogens with one attached hydrogen (secondary N) is 3. The molecule has 0 fully saturated rings. The maximum absolute atomic E-state index is 11.1. The van der Waals surface area contributed by atoms with Crippen molar-refractivity contribution in [3.8, 4) is 5.75 Å². The number of hydrogen-bond donors (Lipinski definition) is 3. The maximum atomic E-state index is 11.1. The lowest BCUT2D eigenvalue weighted by molar-refractivity contribution is 0.306.